The largest absolute Gasteiger partial charge is 0.494 e. The van der Waals surface area contributed by atoms with E-state index in [1.165, 1.54) is 11.1 Å². The van der Waals surface area contributed by atoms with Crippen LogP contribution in [0.2, 0.25) is 0 Å². The molecule has 3 rings (SSSR count). The highest BCUT2D eigenvalue weighted by atomic mass is 35.5. The number of hydrogen-bond donors (Lipinski definition) is 0. The van der Waals surface area contributed by atoms with Crippen molar-refractivity contribution in [1.82, 2.24) is 9.88 Å². The molecule has 0 fully saturated rings. The molecule has 33 heavy (non-hydrogen) atoms. The summed E-state index contributed by atoms with van der Waals surface area (Å²) in [4.78, 5) is 22.1. The summed E-state index contributed by atoms with van der Waals surface area (Å²) in [7, 11) is 0. The maximum Gasteiger partial charge on any atom is 0.266 e. The number of amides is 1. The molecule has 2 aromatic carbocycles. The monoisotopic (exact) mass is 491 g/mol. The summed E-state index contributed by atoms with van der Waals surface area (Å²) in [6.07, 6.45) is 0. The number of aromatic nitrogens is 1. The quantitative estimate of drug-likeness (QED) is 0.355. The molecule has 1 heterocycles. The van der Waals surface area contributed by atoms with E-state index in [-0.39, 0.29) is 24.9 Å². The SMILES string of the molecule is CCOc1ccc(OCC(=O)N(CCN(CC)CC)c2nc3cc(C)cc(C)c3s2)cc1.Cl. The molecule has 1 amide bonds. The van der Waals surface area contributed by atoms with E-state index in [0.717, 1.165) is 40.7 Å². The molecule has 0 radical (unpaired) electrons. The number of hydrogen-bond acceptors (Lipinski definition) is 6. The van der Waals surface area contributed by atoms with Crippen LogP contribution in [0.4, 0.5) is 5.13 Å². The van der Waals surface area contributed by atoms with Gasteiger partial charge in [-0.25, -0.2) is 4.98 Å². The highest BCUT2D eigenvalue weighted by molar-refractivity contribution is 7.22. The van der Waals surface area contributed by atoms with Gasteiger partial charge < -0.3 is 14.4 Å². The highest BCUT2D eigenvalue weighted by Gasteiger charge is 2.21. The minimum absolute atomic E-state index is 0. The minimum atomic E-state index is -0.0977. The van der Waals surface area contributed by atoms with Gasteiger partial charge in [-0.2, -0.15) is 0 Å². The second kappa shape index (κ2) is 12.8. The Bertz CT molecular complexity index is 1040. The predicted molar refractivity (Wildman–Crippen MR) is 140 cm³/mol. The predicted octanol–water partition coefficient (Wildman–Crippen LogP) is 5.49. The first-order chi connectivity index (χ1) is 15.4. The van der Waals surface area contributed by atoms with E-state index in [1.807, 2.05) is 31.2 Å². The Morgan fingerprint density at radius 1 is 0.970 bits per heavy atom. The molecule has 0 unspecified atom stereocenters. The molecule has 0 saturated heterocycles. The van der Waals surface area contributed by atoms with Crippen molar-refractivity contribution in [3.8, 4) is 11.5 Å². The Labute approximate surface area is 206 Å². The lowest BCUT2D eigenvalue weighted by Crippen LogP contribution is -2.41. The maximum atomic E-state index is 13.2. The number of ether oxygens (including phenoxy) is 2. The molecule has 0 N–H and O–H groups in total. The fourth-order valence-electron chi connectivity index (χ4n) is 3.61. The summed E-state index contributed by atoms with van der Waals surface area (Å²) in [5.74, 6) is 1.33. The average Bonchev–Trinajstić information content (AvgIpc) is 3.20. The van der Waals surface area contributed by atoms with Gasteiger partial charge in [0.1, 0.15) is 11.5 Å². The number of nitrogens with zero attached hydrogens (tertiary/aromatic N) is 3. The Morgan fingerprint density at radius 2 is 1.61 bits per heavy atom. The van der Waals surface area contributed by atoms with Crippen LogP contribution in [0.5, 0.6) is 11.5 Å². The molecule has 0 aliphatic rings. The molecule has 0 bridgehead atoms. The van der Waals surface area contributed by atoms with Gasteiger partial charge in [0, 0.05) is 13.1 Å². The molecule has 1 aromatic heterocycles. The number of halogens is 1. The minimum Gasteiger partial charge on any atom is -0.494 e. The lowest BCUT2D eigenvalue weighted by Gasteiger charge is -2.24. The molecule has 0 aliphatic heterocycles. The summed E-state index contributed by atoms with van der Waals surface area (Å²) in [5.41, 5.74) is 3.30. The molecule has 8 heteroatoms. The number of anilines is 1. The molecule has 3 aromatic rings. The van der Waals surface area contributed by atoms with Crippen molar-refractivity contribution >= 4 is 45.0 Å². The van der Waals surface area contributed by atoms with Gasteiger partial charge in [-0.1, -0.05) is 31.3 Å². The van der Waals surface area contributed by atoms with Crippen molar-refractivity contribution in [3.05, 3.63) is 47.5 Å². The van der Waals surface area contributed by atoms with E-state index < -0.39 is 0 Å². The Kier molecular flexibility index (Phi) is 10.4. The first kappa shape index (κ1) is 26.9. The van der Waals surface area contributed by atoms with Crippen molar-refractivity contribution in [2.24, 2.45) is 0 Å². The second-order valence-corrected chi connectivity index (χ2v) is 8.67. The van der Waals surface area contributed by atoms with Gasteiger partial charge in [0.25, 0.3) is 5.91 Å². The lowest BCUT2D eigenvalue weighted by molar-refractivity contribution is -0.120. The zero-order valence-electron chi connectivity index (χ0n) is 20.1. The number of thiazole rings is 1. The van der Waals surface area contributed by atoms with Crippen molar-refractivity contribution in [3.63, 3.8) is 0 Å². The third-order valence-electron chi connectivity index (χ3n) is 5.37. The van der Waals surface area contributed by atoms with Crippen molar-refractivity contribution in [1.29, 1.82) is 0 Å². The van der Waals surface area contributed by atoms with Crippen LogP contribution in [-0.4, -0.2) is 55.2 Å². The summed E-state index contributed by atoms with van der Waals surface area (Å²) >= 11 is 1.57. The van der Waals surface area contributed by atoms with Gasteiger partial charge in [0.05, 0.1) is 16.8 Å². The Hall–Kier alpha value is -2.35. The fraction of sp³-hybridized carbons (Fsp3) is 0.440. The lowest BCUT2D eigenvalue weighted by atomic mass is 10.1. The third-order valence-corrected chi connectivity index (χ3v) is 6.60. The van der Waals surface area contributed by atoms with Gasteiger partial charge >= 0.3 is 0 Å². The van der Waals surface area contributed by atoms with Gasteiger partial charge in [-0.15, -0.1) is 12.4 Å². The van der Waals surface area contributed by atoms with Crippen molar-refractivity contribution < 1.29 is 14.3 Å². The molecular formula is C25H34ClN3O3S. The zero-order valence-corrected chi connectivity index (χ0v) is 21.7. The van der Waals surface area contributed by atoms with E-state index in [1.54, 1.807) is 16.2 Å². The first-order valence-electron chi connectivity index (χ1n) is 11.2. The normalized spacial score (nSPS) is 10.8. The number of carbonyl (C=O) groups is 1. The zero-order chi connectivity index (χ0) is 23.1. The molecule has 0 spiro atoms. The van der Waals surface area contributed by atoms with E-state index >= 15 is 0 Å². The summed E-state index contributed by atoms with van der Waals surface area (Å²) in [5, 5.41) is 0.723. The molecule has 0 saturated carbocycles. The van der Waals surface area contributed by atoms with Crippen LogP contribution in [0.1, 0.15) is 31.9 Å². The molecule has 180 valence electrons. The van der Waals surface area contributed by atoms with Crippen LogP contribution < -0.4 is 14.4 Å². The number of carbonyl (C=O) groups excluding carboxylic acids is 1. The number of rotatable bonds is 11. The average molecular weight is 492 g/mol. The van der Waals surface area contributed by atoms with Gasteiger partial charge in [0.2, 0.25) is 0 Å². The number of aryl methyl sites for hydroxylation is 2. The topological polar surface area (TPSA) is 54.9 Å². The van der Waals surface area contributed by atoms with Gasteiger partial charge in [0.15, 0.2) is 11.7 Å². The Morgan fingerprint density at radius 3 is 2.21 bits per heavy atom. The van der Waals surface area contributed by atoms with Gasteiger partial charge in [-0.3, -0.25) is 9.69 Å². The van der Waals surface area contributed by atoms with Crippen LogP contribution in [0, 0.1) is 13.8 Å². The standard InChI is InChI=1S/C25H33N3O3S.ClH/c1-6-27(7-2)13-14-28(25-26-22-16-18(4)15-19(5)24(22)32-25)23(29)17-31-21-11-9-20(10-12-21)30-8-3;/h9-12,15-16H,6-8,13-14,17H2,1-5H3;1H. The maximum absolute atomic E-state index is 13.2. The van der Waals surface area contributed by atoms with Crippen LogP contribution in [0.25, 0.3) is 10.2 Å². The molecule has 0 aliphatic carbocycles. The first-order valence-corrected chi connectivity index (χ1v) is 12.0. The number of benzene rings is 2. The highest BCUT2D eigenvalue weighted by Crippen LogP contribution is 2.32. The van der Waals surface area contributed by atoms with E-state index in [0.29, 0.717) is 18.9 Å². The summed E-state index contributed by atoms with van der Waals surface area (Å²) in [6.45, 7) is 14.2. The van der Waals surface area contributed by atoms with Crippen molar-refractivity contribution in [2.75, 3.05) is 44.3 Å². The summed E-state index contributed by atoms with van der Waals surface area (Å²) < 4.78 is 12.4. The van der Waals surface area contributed by atoms with Crippen LogP contribution in [0.15, 0.2) is 36.4 Å². The second-order valence-electron chi connectivity index (χ2n) is 7.69. The van der Waals surface area contributed by atoms with E-state index in [2.05, 4.69) is 44.7 Å². The van der Waals surface area contributed by atoms with Gasteiger partial charge in [-0.05, 0) is 75.3 Å². The molecule has 6 nitrogen and oxygen atoms in total. The smallest absolute Gasteiger partial charge is 0.266 e. The number of likely N-dealkylation sites (N-methyl/N-ethyl adjacent to an activating group) is 1. The Balaban J connectivity index is 0.00000385. The molecule has 0 atom stereocenters. The summed E-state index contributed by atoms with van der Waals surface area (Å²) in [6, 6.07) is 11.6. The molecular weight excluding hydrogens is 458 g/mol. The third kappa shape index (κ3) is 7.06. The fourth-order valence-corrected chi connectivity index (χ4v) is 4.67. The van der Waals surface area contributed by atoms with Crippen LogP contribution >= 0.6 is 23.7 Å². The number of fused-ring (bicyclic) bond motifs is 1. The van der Waals surface area contributed by atoms with Crippen LogP contribution in [-0.2, 0) is 4.79 Å². The van der Waals surface area contributed by atoms with Crippen LogP contribution in [0.3, 0.4) is 0 Å². The van der Waals surface area contributed by atoms with E-state index in [4.69, 9.17) is 14.5 Å². The van der Waals surface area contributed by atoms with Crippen molar-refractivity contribution in [2.45, 2.75) is 34.6 Å². The van der Waals surface area contributed by atoms with E-state index in [9.17, 15) is 4.79 Å².